The highest BCUT2D eigenvalue weighted by atomic mass is 32.5. The zero-order chi connectivity index (χ0) is 20.1. The summed E-state index contributed by atoms with van der Waals surface area (Å²) in [5.41, 5.74) is 4.97. The van der Waals surface area contributed by atoms with E-state index in [0.29, 0.717) is 19.4 Å². The van der Waals surface area contributed by atoms with E-state index in [1.165, 1.54) is 13.4 Å². The Morgan fingerprint density at radius 2 is 2.39 bits per heavy atom. The highest BCUT2D eigenvalue weighted by molar-refractivity contribution is 8.07. The van der Waals surface area contributed by atoms with E-state index in [1.807, 2.05) is 6.92 Å². The fourth-order valence-corrected chi connectivity index (χ4v) is 4.96. The van der Waals surface area contributed by atoms with Crippen LogP contribution in [0.2, 0.25) is 0 Å². The maximum atomic E-state index is 12.1. The summed E-state index contributed by atoms with van der Waals surface area (Å²) in [4.78, 5) is 33.1. The van der Waals surface area contributed by atoms with Gasteiger partial charge in [0.2, 0.25) is 5.95 Å². The van der Waals surface area contributed by atoms with Gasteiger partial charge in [0.05, 0.1) is 12.9 Å². The van der Waals surface area contributed by atoms with E-state index in [2.05, 4.69) is 15.0 Å². The molecular formula is C15H22N5O6PS. The lowest BCUT2D eigenvalue weighted by molar-refractivity contribution is -0.119. The number of nitrogens with one attached hydrogen (secondary N) is 1. The van der Waals surface area contributed by atoms with Crippen LogP contribution in [0, 0.1) is 0 Å². The molecule has 2 aromatic heterocycles. The van der Waals surface area contributed by atoms with Gasteiger partial charge in [0, 0.05) is 13.5 Å². The Morgan fingerprint density at radius 3 is 3.11 bits per heavy atom. The van der Waals surface area contributed by atoms with Crippen LogP contribution in [0.1, 0.15) is 32.4 Å². The van der Waals surface area contributed by atoms with Crippen molar-refractivity contribution in [1.29, 1.82) is 0 Å². The maximum absolute atomic E-state index is 12.1. The average Bonchev–Trinajstić information content (AvgIpc) is 3.10. The number of nitrogen functional groups attached to an aromatic ring is 1. The summed E-state index contributed by atoms with van der Waals surface area (Å²) in [7, 11) is 1.31. The van der Waals surface area contributed by atoms with Gasteiger partial charge in [-0.05, 0) is 18.2 Å². The van der Waals surface area contributed by atoms with Gasteiger partial charge in [0.25, 0.3) is 5.56 Å². The molecule has 0 radical (unpaired) electrons. The van der Waals surface area contributed by atoms with E-state index in [4.69, 9.17) is 36.1 Å². The first-order valence-corrected chi connectivity index (χ1v) is 11.5. The van der Waals surface area contributed by atoms with E-state index >= 15 is 0 Å². The Balaban J connectivity index is 1.79. The number of nitrogens with zero attached hydrogens (tertiary/aromatic N) is 3. The molecule has 2 aliphatic heterocycles. The number of imidazole rings is 1. The van der Waals surface area contributed by atoms with Gasteiger partial charge in [-0.2, -0.15) is 4.98 Å². The topological polar surface area (TPSA) is 147 Å². The predicted octanol–water partition coefficient (Wildman–Crippen LogP) is 0.807. The molecule has 2 aromatic rings. The van der Waals surface area contributed by atoms with Crippen molar-refractivity contribution >= 4 is 35.6 Å². The molecule has 11 nitrogen and oxygen atoms in total. The summed E-state index contributed by atoms with van der Waals surface area (Å²) in [5.74, 6) is -0.0255. The molecule has 5 atom stereocenters. The van der Waals surface area contributed by atoms with Crippen LogP contribution in [0.5, 0.6) is 0 Å². The van der Waals surface area contributed by atoms with Crippen LogP contribution < -0.4 is 11.3 Å². The number of hydrogen-bond acceptors (Lipinski definition) is 9. The minimum absolute atomic E-state index is 0.0255. The number of fused-ring (bicyclic) bond motifs is 3. The Morgan fingerprint density at radius 1 is 1.61 bits per heavy atom. The third kappa shape index (κ3) is 3.18. The molecular weight excluding hydrogens is 409 g/mol. The van der Waals surface area contributed by atoms with Crippen molar-refractivity contribution in [3.8, 4) is 0 Å². The monoisotopic (exact) mass is 431 g/mol. The van der Waals surface area contributed by atoms with Gasteiger partial charge >= 0.3 is 6.72 Å². The number of aromatic amines is 1. The largest absolute Gasteiger partial charge is 0.371 e. The van der Waals surface area contributed by atoms with Crippen molar-refractivity contribution in [1.82, 2.24) is 19.5 Å². The van der Waals surface area contributed by atoms with Crippen LogP contribution in [0.25, 0.3) is 11.2 Å². The van der Waals surface area contributed by atoms with Crippen LogP contribution >= 0.6 is 6.72 Å². The molecule has 2 fully saturated rings. The lowest BCUT2D eigenvalue weighted by Crippen LogP contribution is -2.50. The van der Waals surface area contributed by atoms with Crippen LogP contribution in [0.15, 0.2) is 11.1 Å². The van der Waals surface area contributed by atoms with Gasteiger partial charge < -0.3 is 24.6 Å². The number of anilines is 1. The van der Waals surface area contributed by atoms with Crippen LogP contribution in [0.4, 0.5) is 5.95 Å². The normalized spacial score (nSPS) is 31.9. The van der Waals surface area contributed by atoms with Crippen molar-refractivity contribution in [2.45, 2.75) is 50.2 Å². The van der Waals surface area contributed by atoms with E-state index in [1.54, 1.807) is 4.57 Å². The molecule has 2 aliphatic rings. The van der Waals surface area contributed by atoms with E-state index in [-0.39, 0.29) is 17.1 Å². The van der Waals surface area contributed by atoms with Crippen LogP contribution in [0.3, 0.4) is 0 Å². The predicted molar refractivity (Wildman–Crippen MR) is 103 cm³/mol. The zero-order valence-corrected chi connectivity index (χ0v) is 17.1. The molecule has 2 saturated heterocycles. The minimum atomic E-state index is -3.45. The van der Waals surface area contributed by atoms with Crippen molar-refractivity contribution in [2.75, 3.05) is 19.5 Å². The SMILES string of the molecule is CCC[C@]12CCO[C@@H](C1OP(O)(=S)OC)[C@H](n1cnc3c(=O)[nH]c(N)nc31)O2. The van der Waals surface area contributed by atoms with Crippen molar-refractivity contribution < 1.29 is 23.4 Å². The summed E-state index contributed by atoms with van der Waals surface area (Å²) in [6, 6.07) is 0. The second-order valence-corrected chi connectivity index (χ2v) is 9.76. The molecule has 28 heavy (non-hydrogen) atoms. The number of H-pyrrole nitrogens is 1. The first-order valence-electron chi connectivity index (χ1n) is 8.89. The van der Waals surface area contributed by atoms with Gasteiger partial charge in [-0.3, -0.25) is 18.9 Å². The lowest BCUT2D eigenvalue weighted by Gasteiger charge is -2.39. The van der Waals surface area contributed by atoms with Gasteiger partial charge in [-0.1, -0.05) is 13.3 Å². The molecule has 0 aliphatic carbocycles. The number of hydrogen-bond donors (Lipinski definition) is 3. The fraction of sp³-hybridized carbons (Fsp3) is 0.667. The van der Waals surface area contributed by atoms with Crippen molar-refractivity contribution in [2.24, 2.45) is 0 Å². The van der Waals surface area contributed by atoms with Crippen LogP contribution in [-0.4, -0.2) is 55.9 Å². The highest BCUT2D eigenvalue weighted by Gasteiger charge is 2.60. The second kappa shape index (κ2) is 7.13. The molecule has 0 saturated carbocycles. The quantitative estimate of drug-likeness (QED) is 0.561. The summed E-state index contributed by atoms with van der Waals surface area (Å²) in [6.45, 7) is -0.954. The van der Waals surface area contributed by atoms with Crippen LogP contribution in [-0.2, 0) is 30.3 Å². The first kappa shape index (κ1) is 19.9. The van der Waals surface area contributed by atoms with E-state index < -0.39 is 36.3 Å². The standard InChI is InChI=1S/C15H22N5O6PS/c1-3-4-15-5-6-24-9(10(15)26-27(22,28)23-2)13(25-15)20-7-17-8-11(20)18-14(16)19-12(8)21/h7,9-10,13H,3-6H2,1-2H3,(H,22,28)(H3,16,18,19,21)/t9-,10?,13+,15-,27?/m0/s1. The smallest absolute Gasteiger partial charge is 0.324 e. The Bertz CT molecular complexity index is 993. The van der Waals surface area contributed by atoms with E-state index in [0.717, 1.165) is 6.42 Å². The molecule has 0 amide bonds. The molecule has 4 heterocycles. The van der Waals surface area contributed by atoms with Gasteiger partial charge in [0.1, 0.15) is 17.8 Å². The zero-order valence-electron chi connectivity index (χ0n) is 15.4. The lowest BCUT2D eigenvalue weighted by atomic mass is 9.86. The third-order valence-corrected chi connectivity index (χ3v) is 6.82. The molecule has 13 heteroatoms. The highest BCUT2D eigenvalue weighted by Crippen LogP contribution is 2.55. The molecule has 4 rings (SSSR count). The Hall–Kier alpha value is -1.40. The van der Waals surface area contributed by atoms with Gasteiger partial charge in [0.15, 0.2) is 17.4 Å². The summed E-state index contributed by atoms with van der Waals surface area (Å²) < 4.78 is 24.8. The Kier molecular flexibility index (Phi) is 5.07. The molecule has 2 unspecified atom stereocenters. The van der Waals surface area contributed by atoms with E-state index in [9.17, 15) is 9.69 Å². The molecule has 2 bridgehead atoms. The van der Waals surface area contributed by atoms with Gasteiger partial charge in [-0.15, -0.1) is 0 Å². The summed E-state index contributed by atoms with van der Waals surface area (Å²) in [5, 5.41) is 0. The number of rotatable bonds is 6. The number of nitrogens with two attached hydrogens (primary N) is 1. The number of aromatic nitrogens is 4. The molecule has 4 N–H and O–H groups in total. The van der Waals surface area contributed by atoms with Gasteiger partial charge in [-0.25, -0.2) is 4.98 Å². The first-order chi connectivity index (χ1) is 13.3. The Labute approximate surface area is 165 Å². The molecule has 0 spiro atoms. The average molecular weight is 431 g/mol. The maximum Gasteiger partial charge on any atom is 0.324 e. The molecule has 0 aromatic carbocycles. The summed E-state index contributed by atoms with van der Waals surface area (Å²) in [6.07, 6.45) is 1.63. The third-order valence-electron chi connectivity index (χ3n) is 5.16. The minimum Gasteiger partial charge on any atom is -0.371 e. The molecule has 154 valence electrons. The van der Waals surface area contributed by atoms with Crippen molar-refractivity contribution in [3.05, 3.63) is 16.7 Å². The van der Waals surface area contributed by atoms with Crippen molar-refractivity contribution in [3.63, 3.8) is 0 Å². The fourth-order valence-electron chi connectivity index (χ4n) is 4.00. The summed E-state index contributed by atoms with van der Waals surface area (Å²) >= 11 is 5.06. The number of ether oxygens (including phenoxy) is 2. The second-order valence-electron chi connectivity index (χ2n) is 6.86.